The van der Waals surface area contributed by atoms with Gasteiger partial charge in [0.25, 0.3) is 0 Å². The molecule has 0 saturated carbocycles. The number of azide groups is 1. The predicted molar refractivity (Wildman–Crippen MR) is 81.1 cm³/mol. The molecule has 5 atom stereocenters. The van der Waals surface area contributed by atoms with E-state index in [-0.39, 0.29) is 6.61 Å². The van der Waals surface area contributed by atoms with Crippen molar-refractivity contribution in [2.45, 2.75) is 58.3 Å². The molecule has 1 unspecified atom stereocenters. The van der Waals surface area contributed by atoms with Crippen LogP contribution in [0.25, 0.3) is 10.4 Å². The quantitative estimate of drug-likeness (QED) is 0.210. The average molecular weight is 373 g/mol. The molecule has 0 aromatic heterocycles. The normalized spacial score (nSPS) is 27.5. The molecule has 12 nitrogen and oxygen atoms in total. The smallest absolute Gasteiger partial charge is 0.304 e. The van der Waals surface area contributed by atoms with Crippen LogP contribution in [0.15, 0.2) is 5.11 Å². The van der Waals surface area contributed by atoms with E-state index in [1.54, 1.807) is 0 Å². The third kappa shape index (κ3) is 6.22. The van der Waals surface area contributed by atoms with E-state index in [2.05, 4.69) is 10.0 Å². The Morgan fingerprint density at radius 2 is 1.46 bits per heavy atom. The highest BCUT2D eigenvalue weighted by atomic mass is 16.7. The number of hydrogen-bond acceptors (Lipinski definition) is 10. The maximum absolute atomic E-state index is 11.5. The van der Waals surface area contributed by atoms with Crippen molar-refractivity contribution < 1.29 is 42.9 Å². The minimum Gasteiger partial charge on any atom is -0.463 e. The van der Waals surface area contributed by atoms with E-state index in [9.17, 15) is 19.2 Å². The molecule has 0 aromatic carbocycles. The van der Waals surface area contributed by atoms with Crippen molar-refractivity contribution in [2.24, 2.45) is 5.11 Å². The number of esters is 4. The lowest BCUT2D eigenvalue weighted by Crippen LogP contribution is -2.61. The van der Waals surface area contributed by atoms with Gasteiger partial charge in [-0.1, -0.05) is 5.11 Å². The van der Waals surface area contributed by atoms with Gasteiger partial charge < -0.3 is 23.7 Å². The molecular formula is C14H19N3O9. The van der Waals surface area contributed by atoms with Gasteiger partial charge in [0.05, 0.1) is 0 Å². The Bertz CT molecular complexity index is 617. The zero-order valence-electron chi connectivity index (χ0n) is 14.6. The lowest BCUT2D eigenvalue weighted by atomic mass is 9.97. The molecule has 1 rings (SSSR count). The third-order valence-corrected chi connectivity index (χ3v) is 3.14. The van der Waals surface area contributed by atoms with E-state index in [1.165, 1.54) is 0 Å². The summed E-state index contributed by atoms with van der Waals surface area (Å²) in [5.41, 5.74) is 8.78. The van der Waals surface area contributed by atoms with Crippen LogP contribution in [-0.2, 0) is 42.9 Å². The van der Waals surface area contributed by atoms with Crippen molar-refractivity contribution in [1.82, 2.24) is 0 Å². The number of nitrogens with zero attached hydrogens (tertiary/aromatic N) is 3. The van der Waals surface area contributed by atoms with Gasteiger partial charge >= 0.3 is 23.9 Å². The average Bonchev–Trinajstić information content (AvgIpc) is 2.49. The van der Waals surface area contributed by atoms with Crippen LogP contribution in [0.5, 0.6) is 0 Å². The van der Waals surface area contributed by atoms with Crippen LogP contribution in [0.3, 0.4) is 0 Å². The monoisotopic (exact) mass is 373 g/mol. The summed E-state index contributed by atoms with van der Waals surface area (Å²) in [4.78, 5) is 47.9. The minimum atomic E-state index is -1.44. The van der Waals surface area contributed by atoms with Crippen LogP contribution in [0.4, 0.5) is 0 Å². The summed E-state index contributed by atoms with van der Waals surface area (Å²) in [6, 6.07) is -1.33. The van der Waals surface area contributed by atoms with Crippen molar-refractivity contribution in [3.05, 3.63) is 10.4 Å². The number of ether oxygens (including phenoxy) is 5. The Morgan fingerprint density at radius 1 is 0.923 bits per heavy atom. The molecule has 26 heavy (non-hydrogen) atoms. The minimum absolute atomic E-state index is 0.383. The summed E-state index contributed by atoms with van der Waals surface area (Å²) in [5, 5.41) is 3.44. The van der Waals surface area contributed by atoms with Crippen LogP contribution in [0.1, 0.15) is 27.7 Å². The summed E-state index contributed by atoms with van der Waals surface area (Å²) >= 11 is 0. The van der Waals surface area contributed by atoms with Crippen molar-refractivity contribution >= 4 is 23.9 Å². The molecule has 0 N–H and O–H groups in total. The Balaban J connectivity index is 3.28. The molecule has 1 saturated heterocycles. The molecule has 0 amide bonds. The third-order valence-electron chi connectivity index (χ3n) is 3.14. The Morgan fingerprint density at radius 3 is 1.92 bits per heavy atom. The van der Waals surface area contributed by atoms with E-state index >= 15 is 0 Å². The van der Waals surface area contributed by atoms with Crippen molar-refractivity contribution in [3.63, 3.8) is 0 Å². The molecule has 0 spiro atoms. The maximum atomic E-state index is 11.5. The summed E-state index contributed by atoms with van der Waals surface area (Å²) in [7, 11) is 0. The zero-order valence-corrected chi connectivity index (χ0v) is 14.6. The van der Waals surface area contributed by atoms with Crippen LogP contribution in [0.2, 0.25) is 0 Å². The standard InChI is InChI=1S/C14H19N3O9/c1-6(18)22-5-10-12(23-7(2)19)13(24-8(3)20)11(16-17-15)14(26-10)25-9(4)21/h10-14H,5H2,1-4H3/t10-,11-,12-,13-,14?/m1/s1. The second-order valence-electron chi connectivity index (χ2n) is 5.30. The van der Waals surface area contributed by atoms with Crippen LogP contribution in [-0.4, -0.2) is 61.1 Å². The van der Waals surface area contributed by atoms with E-state index in [4.69, 9.17) is 29.2 Å². The Kier molecular flexibility index (Phi) is 7.81. The van der Waals surface area contributed by atoms with Gasteiger partial charge in [0, 0.05) is 32.6 Å². The van der Waals surface area contributed by atoms with Gasteiger partial charge in [-0.3, -0.25) is 19.2 Å². The molecule has 1 fully saturated rings. The molecule has 0 aliphatic carbocycles. The molecule has 1 aliphatic rings. The first-order valence-electron chi connectivity index (χ1n) is 7.50. The lowest BCUT2D eigenvalue weighted by Gasteiger charge is -2.42. The molecule has 1 aliphatic heterocycles. The Labute approximate surface area is 148 Å². The van der Waals surface area contributed by atoms with Crippen molar-refractivity contribution in [3.8, 4) is 0 Å². The van der Waals surface area contributed by atoms with Gasteiger partial charge in [-0.25, -0.2) is 0 Å². The molecule has 0 aromatic rings. The largest absolute Gasteiger partial charge is 0.463 e. The maximum Gasteiger partial charge on any atom is 0.304 e. The van der Waals surface area contributed by atoms with E-state index in [0.717, 1.165) is 27.7 Å². The zero-order chi connectivity index (χ0) is 19.9. The van der Waals surface area contributed by atoms with Crippen molar-refractivity contribution in [2.75, 3.05) is 6.61 Å². The highest BCUT2D eigenvalue weighted by Gasteiger charge is 2.51. The first-order chi connectivity index (χ1) is 12.1. The van der Waals surface area contributed by atoms with E-state index in [0.29, 0.717) is 0 Å². The van der Waals surface area contributed by atoms with Gasteiger partial charge in [0.2, 0.25) is 6.29 Å². The molecule has 12 heteroatoms. The molecular weight excluding hydrogens is 354 g/mol. The fourth-order valence-corrected chi connectivity index (χ4v) is 2.33. The van der Waals surface area contributed by atoms with Crippen molar-refractivity contribution in [1.29, 1.82) is 0 Å². The summed E-state index contributed by atoms with van der Waals surface area (Å²) < 4.78 is 25.5. The van der Waals surface area contributed by atoms with Crippen LogP contribution >= 0.6 is 0 Å². The Hall–Kier alpha value is -2.85. The number of carbonyl (C=O) groups is 4. The summed E-state index contributed by atoms with van der Waals surface area (Å²) in [5.74, 6) is -2.90. The van der Waals surface area contributed by atoms with Crippen LogP contribution < -0.4 is 0 Å². The van der Waals surface area contributed by atoms with Gasteiger partial charge in [-0.05, 0) is 5.53 Å². The second kappa shape index (κ2) is 9.59. The SMILES string of the molecule is CC(=O)OC[C@H]1OC(OC(C)=O)[C@H](N=[N+]=[N-])[C@@H](OC(C)=O)[C@@H]1OC(C)=O. The van der Waals surface area contributed by atoms with Crippen LogP contribution in [0, 0.1) is 0 Å². The number of hydrogen-bond donors (Lipinski definition) is 0. The van der Waals surface area contributed by atoms with Gasteiger partial charge in [0.1, 0.15) is 18.8 Å². The first kappa shape index (κ1) is 21.2. The highest BCUT2D eigenvalue weighted by Crippen LogP contribution is 2.29. The topological polar surface area (TPSA) is 163 Å². The fraction of sp³-hybridized carbons (Fsp3) is 0.714. The summed E-state index contributed by atoms with van der Waals surface area (Å²) in [6.07, 6.45) is -5.18. The predicted octanol–water partition coefficient (Wildman–Crippen LogP) is 0.380. The first-order valence-corrected chi connectivity index (χ1v) is 7.50. The molecule has 0 bridgehead atoms. The molecule has 1 heterocycles. The highest BCUT2D eigenvalue weighted by molar-refractivity contribution is 5.68. The fourth-order valence-electron chi connectivity index (χ4n) is 2.33. The number of carbonyl (C=O) groups excluding carboxylic acids is 4. The second-order valence-corrected chi connectivity index (χ2v) is 5.30. The van der Waals surface area contributed by atoms with Gasteiger partial charge in [-0.15, -0.1) is 0 Å². The van der Waals surface area contributed by atoms with Gasteiger partial charge in [0.15, 0.2) is 12.2 Å². The lowest BCUT2D eigenvalue weighted by molar-refractivity contribution is -0.267. The number of rotatable bonds is 6. The summed E-state index contributed by atoms with van der Waals surface area (Å²) in [6.45, 7) is 4.06. The molecule has 0 radical (unpaired) electrons. The van der Waals surface area contributed by atoms with E-state index < -0.39 is 54.5 Å². The molecule has 144 valence electrons. The van der Waals surface area contributed by atoms with Gasteiger partial charge in [-0.2, -0.15) is 0 Å². The van der Waals surface area contributed by atoms with E-state index in [1.807, 2.05) is 0 Å².